The second-order valence-electron chi connectivity index (χ2n) is 10.6. The molecule has 0 atom stereocenters. The lowest BCUT2D eigenvalue weighted by Gasteiger charge is -2.15. The predicted molar refractivity (Wildman–Crippen MR) is 186 cm³/mol. The van der Waals surface area contributed by atoms with Crippen molar-refractivity contribution < 1.29 is 0 Å². The molecule has 0 radical (unpaired) electrons. The van der Waals surface area contributed by atoms with Crippen molar-refractivity contribution in [3.8, 4) is 22.3 Å². The van der Waals surface area contributed by atoms with Gasteiger partial charge in [-0.3, -0.25) is 0 Å². The van der Waals surface area contributed by atoms with Crippen LogP contribution in [-0.2, 0) is 0 Å². The van der Waals surface area contributed by atoms with Crippen molar-refractivity contribution in [1.29, 1.82) is 0 Å². The fourth-order valence-electron chi connectivity index (χ4n) is 6.25. The van der Waals surface area contributed by atoms with E-state index in [1.807, 2.05) is 0 Å². The zero-order valence-corrected chi connectivity index (χ0v) is 25.0. The molecule has 0 unspecified atom stereocenters. The van der Waals surface area contributed by atoms with Crippen molar-refractivity contribution >= 4 is 59.0 Å². The van der Waals surface area contributed by atoms with Gasteiger partial charge in [0.05, 0.1) is 0 Å². The minimum atomic E-state index is 1.17. The molecule has 0 saturated carbocycles. The fraction of sp³-hybridized carbons (Fsp3) is 0.0244. The summed E-state index contributed by atoms with van der Waals surface area (Å²) in [5, 5.41) is 10.4. The fourth-order valence-corrected chi connectivity index (χ4v) is 6.94. The lowest BCUT2D eigenvalue weighted by Crippen LogP contribution is -1.88. The van der Waals surface area contributed by atoms with E-state index >= 15 is 0 Å². The highest BCUT2D eigenvalue weighted by Crippen LogP contribution is 2.41. The van der Waals surface area contributed by atoms with Gasteiger partial charge in [0.25, 0.3) is 0 Å². The highest BCUT2D eigenvalue weighted by Gasteiger charge is 2.13. The van der Waals surface area contributed by atoms with Crippen molar-refractivity contribution in [2.24, 2.45) is 0 Å². The van der Waals surface area contributed by atoms with E-state index in [4.69, 9.17) is 0 Å². The Labute approximate surface area is 255 Å². The molecule has 0 heterocycles. The zero-order valence-electron chi connectivity index (χ0n) is 23.4. The van der Waals surface area contributed by atoms with Gasteiger partial charge >= 0.3 is 0 Å². The number of hydrogen-bond acceptors (Lipinski definition) is 0. The van der Waals surface area contributed by atoms with Gasteiger partial charge in [0.2, 0.25) is 0 Å². The second-order valence-corrected chi connectivity index (χ2v) is 11.4. The zero-order chi connectivity index (χ0) is 28.5. The topological polar surface area (TPSA) is 0 Å². The number of rotatable bonds is 2. The van der Waals surface area contributed by atoms with Crippen LogP contribution < -0.4 is 0 Å². The second kappa shape index (κ2) is 11.3. The predicted octanol–water partition coefficient (Wildman–Crippen LogP) is 12.4. The van der Waals surface area contributed by atoms with Gasteiger partial charge in [0.15, 0.2) is 0 Å². The van der Waals surface area contributed by atoms with Gasteiger partial charge in [-0.1, -0.05) is 158 Å². The number of halogens is 1. The first-order chi connectivity index (χ1) is 20.7. The summed E-state index contributed by atoms with van der Waals surface area (Å²) >= 11 is 3.79. The van der Waals surface area contributed by atoms with Crippen molar-refractivity contribution in [2.75, 3.05) is 0 Å². The molecule has 0 spiro atoms. The first kappa shape index (κ1) is 26.2. The molecule has 0 amide bonds. The molecule has 0 aliphatic carbocycles. The third-order valence-electron chi connectivity index (χ3n) is 8.19. The maximum absolute atomic E-state index is 3.79. The van der Waals surface area contributed by atoms with E-state index in [0.717, 1.165) is 0 Å². The van der Waals surface area contributed by atoms with Crippen molar-refractivity contribution in [2.45, 2.75) is 6.92 Å². The van der Waals surface area contributed by atoms with Crippen LogP contribution in [0.2, 0.25) is 0 Å². The van der Waals surface area contributed by atoms with E-state index < -0.39 is 0 Å². The molecule has 0 N–H and O–H groups in total. The largest absolute Gasteiger partial charge is 0.0622 e. The molecule has 42 heavy (non-hydrogen) atoms. The maximum atomic E-state index is 3.79. The quantitative estimate of drug-likeness (QED) is 0.173. The summed E-state index contributed by atoms with van der Waals surface area (Å²) in [5.41, 5.74) is 6.56. The van der Waals surface area contributed by atoms with Crippen LogP contribution in [0.5, 0.6) is 0 Å². The Morgan fingerprint density at radius 3 is 0.929 bits per heavy atom. The van der Waals surface area contributed by atoms with Crippen LogP contribution in [-0.4, -0.2) is 0 Å². The molecule has 0 aliphatic heterocycles. The monoisotopic (exact) mass is 600 g/mol. The van der Waals surface area contributed by atoms with Crippen LogP contribution in [0.15, 0.2) is 162 Å². The van der Waals surface area contributed by atoms with Crippen molar-refractivity contribution in [3.05, 3.63) is 168 Å². The third kappa shape index (κ3) is 4.57. The first-order valence-electron chi connectivity index (χ1n) is 14.3. The van der Waals surface area contributed by atoms with E-state index in [1.54, 1.807) is 0 Å². The van der Waals surface area contributed by atoms with E-state index in [-0.39, 0.29) is 0 Å². The maximum Gasteiger partial charge on any atom is 0.0332 e. The molecule has 0 saturated heterocycles. The van der Waals surface area contributed by atoms with Gasteiger partial charge in [-0.2, -0.15) is 0 Å². The Morgan fingerprint density at radius 2 is 0.571 bits per heavy atom. The number of fused-ring (bicyclic) bond motifs is 4. The summed E-state index contributed by atoms with van der Waals surface area (Å²) in [6, 6.07) is 55.9. The normalized spacial score (nSPS) is 11.1. The van der Waals surface area contributed by atoms with E-state index in [2.05, 4.69) is 181 Å². The van der Waals surface area contributed by atoms with Gasteiger partial charge < -0.3 is 0 Å². The van der Waals surface area contributed by atoms with E-state index in [1.165, 1.54) is 75.4 Å². The Bertz CT molecular complexity index is 1920. The smallest absolute Gasteiger partial charge is 0.0332 e. The summed E-state index contributed by atoms with van der Waals surface area (Å²) in [6.45, 7) is 2.22. The van der Waals surface area contributed by atoms with Gasteiger partial charge in [0.1, 0.15) is 0 Å². The van der Waals surface area contributed by atoms with E-state index in [9.17, 15) is 0 Å². The van der Waals surface area contributed by atoms with Crippen LogP contribution in [0.1, 0.15) is 5.56 Å². The average molecular weight is 602 g/mol. The summed E-state index contributed by atoms with van der Waals surface area (Å²) in [7, 11) is 0. The molecule has 200 valence electrons. The van der Waals surface area contributed by atoms with E-state index in [0.29, 0.717) is 0 Å². The van der Waals surface area contributed by atoms with Crippen molar-refractivity contribution in [3.63, 3.8) is 0 Å². The lowest BCUT2D eigenvalue weighted by molar-refractivity contribution is 1.57. The summed E-state index contributed by atoms with van der Waals surface area (Å²) in [6.07, 6.45) is 0. The highest BCUT2D eigenvalue weighted by molar-refractivity contribution is 9.10. The van der Waals surface area contributed by atoms with Crippen LogP contribution in [0.25, 0.3) is 65.3 Å². The molecular formula is C41H29Br. The van der Waals surface area contributed by atoms with Gasteiger partial charge in [-0.15, -0.1) is 0 Å². The molecule has 8 rings (SSSR count). The molecular weight excluding hydrogens is 572 g/mol. The van der Waals surface area contributed by atoms with Gasteiger partial charge in [-0.05, 0) is 93.8 Å². The van der Waals surface area contributed by atoms with Crippen LogP contribution >= 0.6 is 15.9 Å². The molecule has 8 aromatic rings. The standard InChI is InChI=1S/C21H16.C20H13Br/c1-15-17-11-5-7-13-19(17)21(16-9-3-2-4-10-16)20-14-8-6-12-18(15)20;21-20-17-12-6-4-10-15(17)19(14-8-2-1-3-9-14)16-11-5-7-13-18(16)20/h2-14H,1H3;1-13H. The van der Waals surface area contributed by atoms with Gasteiger partial charge in [0, 0.05) is 4.47 Å². The van der Waals surface area contributed by atoms with Crippen LogP contribution in [0.4, 0.5) is 0 Å². The first-order valence-corrected chi connectivity index (χ1v) is 15.1. The average Bonchev–Trinajstić information content (AvgIpc) is 3.06. The number of benzene rings is 8. The minimum absolute atomic E-state index is 1.17. The Hall–Kier alpha value is -4.72. The number of aryl methyl sites for hydroxylation is 1. The Morgan fingerprint density at radius 1 is 0.310 bits per heavy atom. The Kier molecular flexibility index (Phi) is 7.03. The third-order valence-corrected chi connectivity index (χ3v) is 9.05. The lowest BCUT2D eigenvalue weighted by atomic mass is 9.89. The van der Waals surface area contributed by atoms with Crippen LogP contribution in [0, 0.1) is 6.92 Å². The molecule has 0 aromatic heterocycles. The minimum Gasteiger partial charge on any atom is -0.0622 e. The summed E-state index contributed by atoms with van der Waals surface area (Å²) < 4.78 is 1.17. The SMILES string of the molecule is Brc1c2ccccc2c(-c2ccccc2)c2ccccc12.Cc1c2ccccc2c(-c2ccccc2)c2ccccc12. The molecule has 8 aromatic carbocycles. The van der Waals surface area contributed by atoms with Crippen molar-refractivity contribution in [1.82, 2.24) is 0 Å². The van der Waals surface area contributed by atoms with Gasteiger partial charge in [-0.25, -0.2) is 0 Å². The summed E-state index contributed by atoms with van der Waals surface area (Å²) in [4.78, 5) is 0. The summed E-state index contributed by atoms with van der Waals surface area (Å²) in [5.74, 6) is 0. The molecule has 0 bridgehead atoms. The molecule has 0 fully saturated rings. The van der Waals surface area contributed by atoms with Crippen LogP contribution in [0.3, 0.4) is 0 Å². The highest BCUT2D eigenvalue weighted by atomic mass is 79.9. The number of hydrogen-bond donors (Lipinski definition) is 0. The molecule has 0 nitrogen and oxygen atoms in total. The Balaban J connectivity index is 0.000000137. The molecule has 0 aliphatic rings. The molecule has 1 heteroatoms.